The van der Waals surface area contributed by atoms with Crippen molar-refractivity contribution >= 4 is 15.9 Å². The van der Waals surface area contributed by atoms with Crippen LogP contribution in [0, 0.1) is 22.7 Å². The molecule has 3 fully saturated rings. The van der Waals surface area contributed by atoms with E-state index in [0.29, 0.717) is 31.6 Å². The first-order valence-electron chi connectivity index (χ1n) is 10.3. The summed E-state index contributed by atoms with van der Waals surface area (Å²) in [5.74, 6) is 1.27. The van der Waals surface area contributed by atoms with Gasteiger partial charge >= 0.3 is 0 Å². The molecule has 1 heterocycles. The van der Waals surface area contributed by atoms with E-state index in [1.807, 2.05) is 4.90 Å². The van der Waals surface area contributed by atoms with Crippen LogP contribution in [-0.2, 0) is 14.8 Å². The minimum atomic E-state index is -3.16. The third kappa shape index (κ3) is 3.96. The van der Waals surface area contributed by atoms with Crippen molar-refractivity contribution in [3.8, 4) is 0 Å². The summed E-state index contributed by atoms with van der Waals surface area (Å²) in [5, 5.41) is 0. The van der Waals surface area contributed by atoms with Crippen LogP contribution in [0.15, 0.2) is 0 Å². The number of nitrogens with zero attached hydrogens (tertiary/aromatic N) is 2. The van der Waals surface area contributed by atoms with Crippen LogP contribution in [0.2, 0.25) is 0 Å². The lowest BCUT2D eigenvalue weighted by atomic mass is 9.66. The molecule has 150 valence electrons. The summed E-state index contributed by atoms with van der Waals surface area (Å²) in [6.07, 6.45) is 9.18. The first-order valence-corrected chi connectivity index (χ1v) is 12.2. The molecule has 3 rings (SSSR count). The maximum atomic E-state index is 13.0. The summed E-state index contributed by atoms with van der Waals surface area (Å²) < 4.78 is 25.0. The molecule has 0 bridgehead atoms. The molecular weight excluding hydrogens is 348 g/mol. The zero-order chi connectivity index (χ0) is 19.2. The van der Waals surface area contributed by atoms with Crippen molar-refractivity contribution in [2.75, 3.05) is 32.4 Å². The Morgan fingerprint density at radius 1 is 1.12 bits per heavy atom. The van der Waals surface area contributed by atoms with E-state index in [2.05, 4.69) is 20.8 Å². The maximum Gasteiger partial charge on any atom is 0.226 e. The molecule has 2 saturated carbocycles. The van der Waals surface area contributed by atoms with Gasteiger partial charge in [0.25, 0.3) is 0 Å². The maximum absolute atomic E-state index is 13.0. The molecule has 1 aliphatic heterocycles. The second kappa shape index (κ2) is 7.08. The summed E-state index contributed by atoms with van der Waals surface area (Å²) in [4.78, 5) is 15.0. The van der Waals surface area contributed by atoms with E-state index < -0.39 is 10.0 Å². The Kier molecular flexibility index (Phi) is 5.48. The largest absolute Gasteiger partial charge is 0.341 e. The molecule has 0 radical (unpaired) electrons. The van der Waals surface area contributed by atoms with E-state index in [4.69, 9.17) is 0 Å². The van der Waals surface area contributed by atoms with Gasteiger partial charge in [0.2, 0.25) is 15.9 Å². The first kappa shape index (κ1) is 20.1. The normalized spacial score (nSPS) is 33.9. The molecule has 2 aliphatic carbocycles. The zero-order valence-electron chi connectivity index (χ0n) is 17.0. The van der Waals surface area contributed by atoms with Crippen LogP contribution in [-0.4, -0.2) is 56.0 Å². The van der Waals surface area contributed by atoms with Gasteiger partial charge in [-0.1, -0.05) is 27.2 Å². The van der Waals surface area contributed by atoms with E-state index in [9.17, 15) is 13.2 Å². The van der Waals surface area contributed by atoms with E-state index in [1.54, 1.807) is 0 Å². The van der Waals surface area contributed by atoms with Crippen molar-refractivity contribution in [2.45, 2.75) is 65.7 Å². The second-order valence-corrected chi connectivity index (χ2v) is 11.6. The van der Waals surface area contributed by atoms with Gasteiger partial charge in [0.05, 0.1) is 6.26 Å². The van der Waals surface area contributed by atoms with Crippen LogP contribution in [0.1, 0.15) is 65.7 Å². The van der Waals surface area contributed by atoms with E-state index >= 15 is 0 Å². The summed E-state index contributed by atoms with van der Waals surface area (Å²) in [7, 11) is -3.16. The summed E-state index contributed by atoms with van der Waals surface area (Å²) in [5.41, 5.74) is 0.677. The number of carbonyl (C=O) groups excluding carboxylic acids is 1. The molecule has 0 aromatic rings. The van der Waals surface area contributed by atoms with Crippen molar-refractivity contribution in [1.29, 1.82) is 0 Å². The predicted octanol–water partition coefficient (Wildman–Crippen LogP) is 3.11. The van der Waals surface area contributed by atoms with E-state index in [-0.39, 0.29) is 17.2 Å². The highest BCUT2D eigenvalue weighted by Crippen LogP contribution is 2.64. The molecule has 5 nitrogen and oxygen atoms in total. The number of sulfonamides is 1. The molecule has 0 aromatic carbocycles. The highest BCUT2D eigenvalue weighted by atomic mass is 32.2. The van der Waals surface area contributed by atoms with Crippen molar-refractivity contribution in [3.63, 3.8) is 0 Å². The molecule has 3 aliphatic rings. The Hall–Kier alpha value is -0.620. The molecular formula is C20H36N2O3S. The van der Waals surface area contributed by atoms with Crippen LogP contribution < -0.4 is 0 Å². The topological polar surface area (TPSA) is 57.7 Å². The molecule has 0 N–H and O–H groups in total. The van der Waals surface area contributed by atoms with Gasteiger partial charge < -0.3 is 4.90 Å². The molecule has 1 spiro atoms. The lowest BCUT2D eigenvalue weighted by Crippen LogP contribution is -2.39. The lowest BCUT2D eigenvalue weighted by molar-refractivity contribution is -0.133. The van der Waals surface area contributed by atoms with Gasteiger partial charge in [0.1, 0.15) is 0 Å². The highest BCUT2D eigenvalue weighted by Gasteiger charge is 2.59. The van der Waals surface area contributed by atoms with E-state index in [1.165, 1.54) is 42.7 Å². The Labute approximate surface area is 159 Å². The minimum absolute atomic E-state index is 0.193. The molecule has 6 heteroatoms. The number of rotatable bonds is 4. The molecule has 1 amide bonds. The Balaban J connectivity index is 1.55. The molecule has 1 saturated heterocycles. The fourth-order valence-electron chi connectivity index (χ4n) is 5.18. The number of hydrogen-bond donors (Lipinski definition) is 0. The number of amides is 1. The van der Waals surface area contributed by atoms with Gasteiger partial charge in [0, 0.05) is 32.1 Å². The van der Waals surface area contributed by atoms with Crippen molar-refractivity contribution in [3.05, 3.63) is 0 Å². The SMILES string of the molecule is CCC(C)(C)C1CCC2(CC1)C[C@H]2C(=O)N1CCCN(S(C)(=O)=O)CC1. The van der Waals surface area contributed by atoms with E-state index in [0.717, 1.165) is 18.8 Å². The number of carbonyl (C=O) groups is 1. The van der Waals surface area contributed by atoms with Crippen LogP contribution in [0.25, 0.3) is 0 Å². The zero-order valence-corrected chi connectivity index (χ0v) is 17.8. The Morgan fingerprint density at radius 2 is 1.77 bits per heavy atom. The third-order valence-electron chi connectivity index (χ3n) is 7.72. The average Bonchev–Trinajstić information content (AvgIpc) is 3.32. The Bertz CT molecular complexity index is 635. The van der Waals surface area contributed by atoms with Gasteiger partial charge in [-0.2, -0.15) is 0 Å². The predicted molar refractivity (Wildman–Crippen MR) is 104 cm³/mol. The lowest BCUT2D eigenvalue weighted by Gasteiger charge is -2.39. The fourth-order valence-corrected chi connectivity index (χ4v) is 6.05. The van der Waals surface area contributed by atoms with Crippen molar-refractivity contribution in [1.82, 2.24) is 9.21 Å². The minimum Gasteiger partial charge on any atom is -0.341 e. The second-order valence-electron chi connectivity index (χ2n) is 9.58. The summed E-state index contributed by atoms with van der Waals surface area (Å²) in [6.45, 7) is 9.27. The first-order chi connectivity index (χ1) is 12.1. The molecule has 0 aromatic heterocycles. The monoisotopic (exact) mass is 384 g/mol. The van der Waals surface area contributed by atoms with Crippen molar-refractivity contribution < 1.29 is 13.2 Å². The standard InChI is InChI=1S/C20H36N2O3S/c1-5-19(2,3)16-7-9-20(10-8-16)15-17(20)18(23)21-11-6-12-22(14-13-21)26(4,24)25/h16-17H,5-15H2,1-4H3/t16?,17-,20?/m0/s1. The van der Waals surface area contributed by atoms with Gasteiger partial charge in [-0.05, 0) is 55.3 Å². The highest BCUT2D eigenvalue weighted by molar-refractivity contribution is 7.88. The van der Waals surface area contributed by atoms with Crippen LogP contribution in [0.4, 0.5) is 0 Å². The van der Waals surface area contributed by atoms with Gasteiger partial charge in [-0.25, -0.2) is 12.7 Å². The van der Waals surface area contributed by atoms with Gasteiger partial charge in [-0.15, -0.1) is 0 Å². The fraction of sp³-hybridized carbons (Fsp3) is 0.950. The van der Waals surface area contributed by atoms with Gasteiger partial charge in [-0.3, -0.25) is 4.79 Å². The van der Waals surface area contributed by atoms with Crippen LogP contribution in [0.5, 0.6) is 0 Å². The smallest absolute Gasteiger partial charge is 0.226 e. The van der Waals surface area contributed by atoms with Crippen LogP contribution in [0.3, 0.4) is 0 Å². The Morgan fingerprint density at radius 3 is 2.35 bits per heavy atom. The van der Waals surface area contributed by atoms with Crippen LogP contribution >= 0.6 is 0 Å². The molecule has 26 heavy (non-hydrogen) atoms. The molecule has 1 atom stereocenters. The average molecular weight is 385 g/mol. The summed E-state index contributed by atoms with van der Waals surface area (Å²) >= 11 is 0. The summed E-state index contributed by atoms with van der Waals surface area (Å²) in [6, 6.07) is 0. The van der Waals surface area contributed by atoms with Crippen molar-refractivity contribution in [2.24, 2.45) is 22.7 Å². The quantitative estimate of drug-likeness (QED) is 0.748. The third-order valence-corrected chi connectivity index (χ3v) is 9.02. The van der Waals surface area contributed by atoms with Gasteiger partial charge in [0.15, 0.2) is 0 Å². The molecule has 0 unspecified atom stereocenters. The number of hydrogen-bond acceptors (Lipinski definition) is 3.